The quantitative estimate of drug-likeness (QED) is 0.826. The molecule has 0 unspecified atom stereocenters. The highest BCUT2D eigenvalue weighted by molar-refractivity contribution is 7.88. The number of para-hydroxylation sites is 1. The van der Waals surface area contributed by atoms with Gasteiger partial charge in [-0.05, 0) is 25.0 Å². The Bertz CT molecular complexity index is 832. The lowest BCUT2D eigenvalue weighted by molar-refractivity contribution is 0.199. The second kappa shape index (κ2) is 8.11. The zero-order valence-electron chi connectivity index (χ0n) is 15.1. The molecule has 2 aromatic rings. The molecular weight excluding hydrogens is 352 g/mol. The molecule has 1 aliphatic rings. The summed E-state index contributed by atoms with van der Waals surface area (Å²) in [5.74, 6) is 1.39. The highest BCUT2D eigenvalue weighted by Crippen LogP contribution is 2.26. The van der Waals surface area contributed by atoms with Crippen molar-refractivity contribution in [3.8, 4) is 17.1 Å². The summed E-state index contributed by atoms with van der Waals surface area (Å²) in [6, 6.07) is 7.71. The van der Waals surface area contributed by atoms with Crippen LogP contribution in [0.15, 0.2) is 36.7 Å². The van der Waals surface area contributed by atoms with Gasteiger partial charge in [-0.3, -0.25) is 4.90 Å². The fourth-order valence-corrected chi connectivity index (χ4v) is 4.02. The van der Waals surface area contributed by atoms with Gasteiger partial charge in [-0.1, -0.05) is 12.1 Å². The van der Waals surface area contributed by atoms with Gasteiger partial charge < -0.3 is 4.74 Å². The van der Waals surface area contributed by atoms with Gasteiger partial charge in [0, 0.05) is 43.6 Å². The van der Waals surface area contributed by atoms with Gasteiger partial charge in [-0.25, -0.2) is 23.1 Å². The zero-order chi connectivity index (χ0) is 18.6. The number of nitrogens with zero attached hydrogens (tertiary/aromatic N) is 3. The van der Waals surface area contributed by atoms with Crippen LogP contribution in [0.1, 0.15) is 18.4 Å². The van der Waals surface area contributed by atoms with Crippen LogP contribution < -0.4 is 9.46 Å². The van der Waals surface area contributed by atoms with E-state index in [0.29, 0.717) is 5.82 Å². The molecule has 1 N–H and O–H groups in total. The molecule has 1 aromatic heterocycles. The summed E-state index contributed by atoms with van der Waals surface area (Å²) < 4.78 is 30.7. The molecule has 140 valence electrons. The molecule has 2 heterocycles. The first-order valence-corrected chi connectivity index (χ1v) is 10.5. The summed E-state index contributed by atoms with van der Waals surface area (Å²) >= 11 is 0. The predicted octanol–water partition coefficient (Wildman–Crippen LogP) is 1.67. The molecule has 1 fully saturated rings. The third-order valence-corrected chi connectivity index (χ3v) is 5.19. The van der Waals surface area contributed by atoms with Crippen molar-refractivity contribution in [2.75, 3.05) is 26.5 Å². The van der Waals surface area contributed by atoms with E-state index >= 15 is 0 Å². The Balaban J connectivity index is 1.59. The summed E-state index contributed by atoms with van der Waals surface area (Å²) in [5, 5.41) is 0. The van der Waals surface area contributed by atoms with E-state index in [4.69, 9.17) is 4.74 Å². The van der Waals surface area contributed by atoms with Gasteiger partial charge in [-0.2, -0.15) is 0 Å². The Morgan fingerprint density at radius 2 is 1.85 bits per heavy atom. The van der Waals surface area contributed by atoms with Gasteiger partial charge in [0.15, 0.2) is 5.82 Å². The standard InChI is InChI=1S/C18H24N4O3S/c1-25-17-6-4-3-5-16(17)18-19-11-14(12-20-18)13-22-9-7-15(8-10-22)21-26(2,23)24/h3-6,11-12,15,21H,7-10,13H2,1-2H3. The number of sulfonamides is 1. The van der Waals surface area contributed by atoms with Crippen molar-refractivity contribution < 1.29 is 13.2 Å². The second-order valence-corrected chi connectivity index (χ2v) is 8.34. The minimum absolute atomic E-state index is 0.0328. The number of methoxy groups -OCH3 is 1. The first-order valence-electron chi connectivity index (χ1n) is 8.58. The molecule has 8 heteroatoms. The molecule has 0 atom stereocenters. The first-order chi connectivity index (χ1) is 12.4. The summed E-state index contributed by atoms with van der Waals surface area (Å²) in [4.78, 5) is 11.2. The van der Waals surface area contributed by atoms with Crippen LogP contribution in [0.4, 0.5) is 0 Å². The molecule has 1 aliphatic heterocycles. The number of benzene rings is 1. The fourth-order valence-electron chi connectivity index (χ4n) is 3.17. The monoisotopic (exact) mass is 376 g/mol. The summed E-state index contributed by atoms with van der Waals surface area (Å²) in [6.45, 7) is 2.46. The van der Waals surface area contributed by atoms with Gasteiger partial charge in [0.1, 0.15) is 5.75 Å². The minimum Gasteiger partial charge on any atom is -0.496 e. The van der Waals surface area contributed by atoms with Gasteiger partial charge >= 0.3 is 0 Å². The maximum absolute atomic E-state index is 11.3. The van der Waals surface area contributed by atoms with E-state index in [1.54, 1.807) is 7.11 Å². The summed E-state index contributed by atoms with van der Waals surface area (Å²) in [5.41, 5.74) is 1.91. The van der Waals surface area contributed by atoms with E-state index in [9.17, 15) is 8.42 Å². The van der Waals surface area contributed by atoms with E-state index in [1.165, 1.54) is 6.26 Å². The van der Waals surface area contributed by atoms with E-state index in [-0.39, 0.29) is 6.04 Å². The Hall–Kier alpha value is -2.03. The fraction of sp³-hybridized carbons (Fsp3) is 0.444. The van der Waals surface area contributed by atoms with Crippen LogP contribution in [0.25, 0.3) is 11.4 Å². The second-order valence-electron chi connectivity index (χ2n) is 6.56. The summed E-state index contributed by atoms with van der Waals surface area (Å²) in [7, 11) is -1.50. The Morgan fingerprint density at radius 1 is 1.19 bits per heavy atom. The van der Waals surface area contributed by atoms with Crippen molar-refractivity contribution in [2.45, 2.75) is 25.4 Å². The van der Waals surface area contributed by atoms with Crippen LogP contribution in [0.5, 0.6) is 5.75 Å². The molecule has 7 nitrogen and oxygen atoms in total. The summed E-state index contributed by atoms with van der Waals surface area (Å²) in [6.07, 6.45) is 6.52. The van der Waals surface area contributed by atoms with Crippen LogP contribution in [-0.4, -0.2) is 55.8 Å². The largest absolute Gasteiger partial charge is 0.496 e. The minimum atomic E-state index is -3.14. The number of piperidine rings is 1. The number of hydrogen-bond donors (Lipinski definition) is 1. The predicted molar refractivity (Wildman–Crippen MR) is 100 cm³/mol. The maximum Gasteiger partial charge on any atom is 0.208 e. The van der Waals surface area contributed by atoms with Crippen LogP contribution in [0.3, 0.4) is 0 Å². The molecule has 3 rings (SSSR count). The number of hydrogen-bond acceptors (Lipinski definition) is 6. The van der Waals surface area contributed by atoms with Gasteiger partial charge in [0.05, 0.1) is 18.9 Å². The molecule has 0 bridgehead atoms. The van der Waals surface area contributed by atoms with Crippen molar-refractivity contribution in [1.29, 1.82) is 0 Å². The average Bonchev–Trinajstić information content (AvgIpc) is 2.63. The van der Waals surface area contributed by atoms with Gasteiger partial charge in [0.25, 0.3) is 0 Å². The zero-order valence-corrected chi connectivity index (χ0v) is 15.9. The highest BCUT2D eigenvalue weighted by Gasteiger charge is 2.21. The van der Waals surface area contributed by atoms with Crippen molar-refractivity contribution >= 4 is 10.0 Å². The topological polar surface area (TPSA) is 84.4 Å². The highest BCUT2D eigenvalue weighted by atomic mass is 32.2. The molecular formula is C18H24N4O3S. The Kier molecular flexibility index (Phi) is 5.85. The molecule has 26 heavy (non-hydrogen) atoms. The number of nitrogens with one attached hydrogen (secondary N) is 1. The lowest BCUT2D eigenvalue weighted by Gasteiger charge is -2.31. The molecule has 0 spiro atoms. The van der Waals surface area contributed by atoms with E-state index in [1.807, 2.05) is 36.7 Å². The Morgan fingerprint density at radius 3 is 2.46 bits per heavy atom. The van der Waals surface area contributed by atoms with Crippen molar-refractivity contribution in [3.63, 3.8) is 0 Å². The third kappa shape index (κ3) is 5.00. The number of ether oxygens (including phenoxy) is 1. The molecule has 0 aliphatic carbocycles. The van der Waals surface area contributed by atoms with Gasteiger partial charge in [-0.15, -0.1) is 0 Å². The maximum atomic E-state index is 11.3. The molecule has 1 saturated heterocycles. The van der Waals surface area contributed by atoms with Crippen LogP contribution in [0.2, 0.25) is 0 Å². The molecule has 0 radical (unpaired) electrons. The van der Waals surface area contributed by atoms with Crippen LogP contribution in [-0.2, 0) is 16.6 Å². The first kappa shape index (κ1) is 18.8. The van der Waals surface area contributed by atoms with Crippen LogP contribution >= 0.6 is 0 Å². The third-order valence-electron chi connectivity index (χ3n) is 4.43. The van der Waals surface area contributed by atoms with Crippen molar-refractivity contribution in [1.82, 2.24) is 19.6 Å². The smallest absolute Gasteiger partial charge is 0.208 e. The molecule has 1 aromatic carbocycles. The average molecular weight is 376 g/mol. The normalized spacial score (nSPS) is 16.5. The van der Waals surface area contributed by atoms with Gasteiger partial charge in [0.2, 0.25) is 10.0 Å². The SMILES string of the molecule is COc1ccccc1-c1ncc(CN2CCC(NS(C)(=O)=O)CC2)cn1. The number of aromatic nitrogens is 2. The number of likely N-dealkylation sites (tertiary alicyclic amines) is 1. The lowest BCUT2D eigenvalue weighted by Crippen LogP contribution is -2.43. The Labute approximate surface area is 154 Å². The number of rotatable bonds is 6. The van der Waals surface area contributed by atoms with E-state index < -0.39 is 10.0 Å². The van der Waals surface area contributed by atoms with Crippen molar-refractivity contribution in [3.05, 3.63) is 42.2 Å². The molecule has 0 amide bonds. The van der Waals surface area contributed by atoms with Crippen LogP contribution in [0, 0.1) is 0 Å². The van der Waals surface area contributed by atoms with E-state index in [0.717, 1.165) is 49.4 Å². The lowest BCUT2D eigenvalue weighted by atomic mass is 10.1. The van der Waals surface area contributed by atoms with E-state index in [2.05, 4.69) is 19.6 Å². The molecule has 0 saturated carbocycles. The van der Waals surface area contributed by atoms with Crippen molar-refractivity contribution in [2.24, 2.45) is 0 Å².